The predicted octanol–water partition coefficient (Wildman–Crippen LogP) is 5.41. The van der Waals surface area contributed by atoms with Crippen LogP contribution in [0.5, 0.6) is 5.75 Å². The number of benzene rings is 3. The lowest BCUT2D eigenvalue weighted by atomic mass is 10.0. The van der Waals surface area contributed by atoms with Crippen molar-refractivity contribution >= 4 is 22.8 Å². The minimum Gasteiger partial charge on any atom is -0.497 e. The summed E-state index contributed by atoms with van der Waals surface area (Å²) in [4.78, 5) is 26.7. The maximum absolute atomic E-state index is 13.1. The zero-order chi connectivity index (χ0) is 22.6. The van der Waals surface area contributed by atoms with Crippen molar-refractivity contribution < 1.29 is 24.2 Å². The molecule has 0 spiro atoms. The number of ether oxygens (including phenoxy) is 2. The molecule has 3 aromatic rings. The Morgan fingerprint density at radius 2 is 1.61 bits per heavy atom. The van der Waals surface area contributed by atoms with Gasteiger partial charge in [0.1, 0.15) is 11.4 Å². The molecule has 0 aliphatic heterocycles. The van der Waals surface area contributed by atoms with E-state index in [-0.39, 0.29) is 6.54 Å². The van der Waals surface area contributed by atoms with Crippen LogP contribution in [0.4, 0.5) is 4.79 Å². The van der Waals surface area contributed by atoms with Crippen LogP contribution in [0.1, 0.15) is 37.9 Å². The monoisotopic (exact) mass is 421 g/mol. The highest BCUT2D eigenvalue weighted by Crippen LogP contribution is 2.29. The fourth-order valence-corrected chi connectivity index (χ4v) is 3.34. The highest BCUT2D eigenvalue weighted by Gasteiger charge is 2.34. The van der Waals surface area contributed by atoms with Gasteiger partial charge >= 0.3 is 12.1 Å². The van der Waals surface area contributed by atoms with E-state index >= 15 is 0 Å². The second kappa shape index (κ2) is 9.08. The van der Waals surface area contributed by atoms with E-state index in [4.69, 9.17) is 9.47 Å². The Labute approximate surface area is 182 Å². The molecular formula is C25H27NO5. The van der Waals surface area contributed by atoms with Crippen LogP contribution in [-0.4, -0.2) is 34.8 Å². The third-order valence-electron chi connectivity index (χ3n) is 4.77. The van der Waals surface area contributed by atoms with Crippen molar-refractivity contribution in [2.75, 3.05) is 7.11 Å². The number of aliphatic carboxylic acids is 1. The molecule has 31 heavy (non-hydrogen) atoms. The first-order valence-corrected chi connectivity index (χ1v) is 10.0. The van der Waals surface area contributed by atoms with E-state index in [1.165, 1.54) is 4.90 Å². The molecule has 6 heteroatoms. The first-order chi connectivity index (χ1) is 14.7. The zero-order valence-corrected chi connectivity index (χ0v) is 18.2. The molecule has 6 nitrogen and oxygen atoms in total. The van der Waals surface area contributed by atoms with E-state index in [2.05, 4.69) is 0 Å². The number of nitrogens with zero attached hydrogens (tertiary/aromatic N) is 1. The molecule has 1 N–H and O–H groups in total. The topological polar surface area (TPSA) is 76.1 Å². The molecule has 0 heterocycles. The number of carbonyl (C=O) groups is 2. The molecule has 1 atom stereocenters. The van der Waals surface area contributed by atoms with E-state index in [1.807, 2.05) is 30.3 Å². The minimum atomic E-state index is -1.21. The van der Waals surface area contributed by atoms with Gasteiger partial charge in [-0.05, 0) is 60.9 Å². The lowest BCUT2D eigenvalue weighted by Crippen LogP contribution is -2.41. The molecule has 0 radical (unpaired) electrons. The molecule has 0 fully saturated rings. The van der Waals surface area contributed by atoms with Crippen molar-refractivity contribution in [2.45, 2.75) is 39.0 Å². The first-order valence-electron chi connectivity index (χ1n) is 10.0. The van der Waals surface area contributed by atoms with Gasteiger partial charge in [0.15, 0.2) is 6.04 Å². The van der Waals surface area contributed by atoms with Gasteiger partial charge in [-0.3, -0.25) is 4.90 Å². The normalized spacial score (nSPS) is 12.3. The van der Waals surface area contributed by atoms with Crippen molar-refractivity contribution in [3.8, 4) is 5.75 Å². The standard InChI is InChI=1S/C25H27NO5/c1-25(2,3)31-24(29)26(16-17-9-13-21(30-4)14-10-17)22(23(27)28)20-12-11-18-7-5-6-8-19(18)15-20/h5-15,22H,16H2,1-4H3,(H,27,28)/t22-/m1/s1. The fourth-order valence-electron chi connectivity index (χ4n) is 3.34. The molecule has 0 aliphatic carbocycles. The highest BCUT2D eigenvalue weighted by atomic mass is 16.6. The Balaban J connectivity index is 2.03. The van der Waals surface area contributed by atoms with Gasteiger partial charge in [0.25, 0.3) is 0 Å². The maximum atomic E-state index is 13.1. The van der Waals surface area contributed by atoms with Gasteiger partial charge in [-0.25, -0.2) is 9.59 Å². The Morgan fingerprint density at radius 3 is 2.19 bits per heavy atom. The summed E-state index contributed by atoms with van der Waals surface area (Å²) in [6.45, 7) is 5.33. The molecule has 3 rings (SSSR count). The predicted molar refractivity (Wildman–Crippen MR) is 119 cm³/mol. The number of carboxylic acids is 1. The average molecular weight is 421 g/mol. The van der Waals surface area contributed by atoms with Gasteiger partial charge in [-0.15, -0.1) is 0 Å². The SMILES string of the molecule is COc1ccc(CN(C(=O)OC(C)(C)C)[C@@H](C(=O)O)c2ccc3ccccc3c2)cc1. The second-order valence-corrected chi connectivity index (χ2v) is 8.30. The number of hydrogen-bond donors (Lipinski definition) is 1. The van der Waals surface area contributed by atoms with Crippen LogP contribution in [0.3, 0.4) is 0 Å². The summed E-state index contributed by atoms with van der Waals surface area (Å²) in [5.41, 5.74) is 0.506. The van der Waals surface area contributed by atoms with Crippen LogP contribution < -0.4 is 4.74 Å². The fraction of sp³-hybridized carbons (Fsp3) is 0.280. The third-order valence-corrected chi connectivity index (χ3v) is 4.77. The van der Waals surface area contributed by atoms with Gasteiger partial charge in [-0.2, -0.15) is 0 Å². The molecule has 0 aliphatic rings. The number of rotatable bonds is 6. The third kappa shape index (κ3) is 5.54. The van der Waals surface area contributed by atoms with Gasteiger partial charge in [0.2, 0.25) is 0 Å². The Kier molecular flexibility index (Phi) is 6.49. The molecule has 3 aromatic carbocycles. The smallest absolute Gasteiger partial charge is 0.411 e. The van der Waals surface area contributed by atoms with E-state index in [0.717, 1.165) is 16.3 Å². The summed E-state index contributed by atoms with van der Waals surface area (Å²) >= 11 is 0. The number of hydrogen-bond acceptors (Lipinski definition) is 4. The van der Waals surface area contributed by atoms with Crippen molar-refractivity contribution in [2.24, 2.45) is 0 Å². The lowest BCUT2D eigenvalue weighted by Gasteiger charge is -2.32. The van der Waals surface area contributed by atoms with E-state index < -0.39 is 23.7 Å². The van der Waals surface area contributed by atoms with Crippen molar-refractivity contribution in [3.63, 3.8) is 0 Å². The van der Waals surface area contributed by atoms with Crippen LogP contribution in [-0.2, 0) is 16.1 Å². The minimum absolute atomic E-state index is 0.0721. The summed E-state index contributed by atoms with van der Waals surface area (Å²) in [6, 6.07) is 19.0. The van der Waals surface area contributed by atoms with Gasteiger partial charge < -0.3 is 14.6 Å². The molecule has 0 saturated heterocycles. The Bertz CT molecular complexity index is 1070. The molecular weight excluding hydrogens is 394 g/mol. The molecule has 0 saturated carbocycles. The van der Waals surface area contributed by atoms with Gasteiger partial charge in [0, 0.05) is 0 Å². The lowest BCUT2D eigenvalue weighted by molar-refractivity contribution is -0.143. The van der Waals surface area contributed by atoms with Crippen molar-refractivity contribution in [1.82, 2.24) is 4.90 Å². The number of carbonyl (C=O) groups excluding carboxylic acids is 1. The van der Waals surface area contributed by atoms with Crippen LogP contribution in [0.2, 0.25) is 0 Å². The Morgan fingerprint density at radius 1 is 0.968 bits per heavy atom. The van der Waals surface area contributed by atoms with Crippen LogP contribution in [0.15, 0.2) is 66.7 Å². The summed E-state index contributed by atoms with van der Waals surface area (Å²) in [5.74, 6) is -0.452. The molecule has 0 bridgehead atoms. The molecule has 0 aromatic heterocycles. The number of amides is 1. The van der Waals surface area contributed by atoms with Gasteiger partial charge in [-0.1, -0.05) is 48.5 Å². The van der Waals surface area contributed by atoms with E-state index in [9.17, 15) is 14.7 Å². The van der Waals surface area contributed by atoms with Crippen molar-refractivity contribution in [3.05, 3.63) is 77.9 Å². The van der Waals surface area contributed by atoms with Crippen LogP contribution in [0, 0.1) is 0 Å². The number of methoxy groups -OCH3 is 1. The van der Waals surface area contributed by atoms with E-state index in [0.29, 0.717) is 11.3 Å². The largest absolute Gasteiger partial charge is 0.497 e. The number of carboxylic acid groups (broad SMARTS) is 1. The zero-order valence-electron chi connectivity index (χ0n) is 18.2. The van der Waals surface area contributed by atoms with E-state index in [1.54, 1.807) is 64.3 Å². The number of fused-ring (bicyclic) bond motifs is 1. The van der Waals surface area contributed by atoms with Crippen molar-refractivity contribution in [1.29, 1.82) is 0 Å². The average Bonchev–Trinajstić information content (AvgIpc) is 2.72. The second-order valence-electron chi connectivity index (χ2n) is 8.30. The summed E-state index contributed by atoms with van der Waals surface area (Å²) < 4.78 is 10.7. The molecule has 1 amide bonds. The highest BCUT2D eigenvalue weighted by molar-refractivity contribution is 5.87. The van der Waals surface area contributed by atoms with Crippen LogP contribution in [0.25, 0.3) is 10.8 Å². The first kappa shape index (κ1) is 22.2. The molecule has 0 unspecified atom stereocenters. The summed E-state index contributed by atoms with van der Waals surface area (Å²) in [5, 5.41) is 12.0. The summed E-state index contributed by atoms with van der Waals surface area (Å²) in [7, 11) is 1.57. The summed E-state index contributed by atoms with van der Waals surface area (Å²) in [6.07, 6.45) is -0.691. The Hall–Kier alpha value is -3.54. The van der Waals surface area contributed by atoms with Gasteiger partial charge in [0.05, 0.1) is 13.7 Å². The maximum Gasteiger partial charge on any atom is 0.411 e. The molecule has 162 valence electrons. The quantitative estimate of drug-likeness (QED) is 0.576. The van der Waals surface area contributed by atoms with Crippen LogP contribution >= 0.6 is 0 Å².